The van der Waals surface area contributed by atoms with Gasteiger partial charge in [-0.2, -0.15) is 0 Å². The number of pyridine rings is 3. The molecule has 586 valence electrons. The number of aromatic nitrogens is 3. The zero-order valence-corrected chi connectivity index (χ0v) is 67.2. The van der Waals surface area contributed by atoms with Gasteiger partial charge in [-0.15, -0.1) is 0 Å². The minimum Gasteiger partial charge on any atom is -0.457 e. The molecule has 3 aromatic heterocycles. The molecule has 1 amide bonds. The summed E-state index contributed by atoms with van der Waals surface area (Å²) in [6, 6.07) is 29.5. The molecule has 7 aromatic rings. The lowest BCUT2D eigenvalue weighted by atomic mass is 9.74. The second-order valence-corrected chi connectivity index (χ2v) is 31.6. The number of ether oxygens (including phenoxy) is 8. The van der Waals surface area contributed by atoms with Crippen LogP contribution in [0, 0.1) is 23.7 Å². The van der Waals surface area contributed by atoms with Crippen LogP contribution in [0.1, 0.15) is 382 Å². The fraction of sp³-hybridized carbons (Fsp3) is 0.546. The zero-order valence-electron chi connectivity index (χ0n) is 67.2. The number of nitrogens with zero attached hydrogens (tertiary/aromatic N) is 3. The molecule has 4 atom stereocenters. The van der Waals surface area contributed by atoms with E-state index in [9.17, 15) is 4.79 Å². The lowest BCUT2D eigenvalue weighted by molar-refractivity contribution is -0.114. The zero-order chi connectivity index (χ0) is 75.9. The molecule has 4 unspecified atom stereocenters. The van der Waals surface area contributed by atoms with Crippen LogP contribution < -0.4 is 43.2 Å². The number of amides is 1. The Kier molecular flexibility index (Phi) is 31.8. The van der Waals surface area contributed by atoms with Gasteiger partial charge in [0, 0.05) is 128 Å². The van der Waals surface area contributed by atoms with Crippen molar-refractivity contribution in [3.05, 3.63) is 164 Å². The highest BCUT2D eigenvalue weighted by atomic mass is 16.7. The van der Waals surface area contributed by atoms with E-state index in [2.05, 4.69) is 104 Å². The van der Waals surface area contributed by atoms with Crippen molar-refractivity contribution < 1.29 is 42.7 Å². The maximum atomic E-state index is 11.9. The molecule has 1 N–H and O–H groups in total. The number of carbonyl (C=O) groups is 1. The van der Waals surface area contributed by atoms with Crippen molar-refractivity contribution in [3.8, 4) is 81.1 Å². The SMILES string of the molecule is CCCCCCCCCCCC1c2cc3c4cc2OCOc2cc5c(cc21)C(CCCCCCCCCCC)c1c(cc2c(c1C#Cc1ccnc(-c6cc(C#Cc7cccc(NC(C)=O)n7)ccn6)c1)C(CCCCCCCCCCC)c1cc(c(cc1OCO2)OCO4)C3CCCCCCCCCCC)OCO5. The monoisotopic (exact) mass is 1490 g/mol. The van der Waals surface area contributed by atoms with Crippen molar-refractivity contribution >= 4 is 11.7 Å². The Labute approximate surface area is 658 Å². The molecule has 0 fully saturated rings. The average molecular weight is 1490 g/mol. The smallest absolute Gasteiger partial charge is 0.230 e. The molecule has 5 aliphatic rings. The van der Waals surface area contributed by atoms with Gasteiger partial charge in [0.05, 0.1) is 11.4 Å². The van der Waals surface area contributed by atoms with Crippen molar-refractivity contribution in [2.75, 3.05) is 32.5 Å². The summed E-state index contributed by atoms with van der Waals surface area (Å²) < 4.78 is 56.1. The van der Waals surface area contributed by atoms with Gasteiger partial charge in [-0.05, 0) is 86.2 Å². The standard InChI is InChI=1S/C97H124N4O9/c1-6-10-14-18-22-26-30-34-38-44-74-79-59-80-75(45-39-35-31-27-23-19-15-11-7-2)82-61-84-77(47-41-37-33-29-25-21-17-13-9-4)97-78(52-50-72-54-56-99-86(58-72)85-57-71(53-55-98-85)49-51-73-43-42-48-95(101-73)100-70(5)102)96-76(46-40-36-32-28-24-20-16-12-8-3)83-60-81(74)89-63-91(83)107-68-109-93(96)65-94(97)110-69-108-92(84)64-90(82)106-67-104-88(80)62-87(79)103-66-105-89/h42-43,48,53-65,74-77H,6-41,44-47,66-69H2,1-5H3,(H,100,101,102). The topological polar surface area (TPSA) is 142 Å². The van der Waals surface area contributed by atoms with Crippen LogP contribution in [0.3, 0.4) is 0 Å². The van der Waals surface area contributed by atoms with E-state index in [0.29, 0.717) is 34.4 Å². The molecule has 0 radical (unpaired) electrons. The molecule has 7 heterocycles. The van der Waals surface area contributed by atoms with Gasteiger partial charge in [0.15, 0.2) is 0 Å². The average Bonchev–Trinajstić information content (AvgIpc) is 0.728. The van der Waals surface area contributed by atoms with E-state index < -0.39 is 0 Å². The van der Waals surface area contributed by atoms with Crippen LogP contribution in [-0.4, -0.2) is 48.0 Å². The van der Waals surface area contributed by atoms with Crippen molar-refractivity contribution in [2.45, 2.75) is 315 Å². The second-order valence-electron chi connectivity index (χ2n) is 31.6. The normalized spacial score (nSPS) is 16.0. The van der Waals surface area contributed by atoms with Crippen LogP contribution in [0.25, 0.3) is 11.4 Å². The predicted octanol–water partition coefficient (Wildman–Crippen LogP) is 25.7. The third-order valence-electron chi connectivity index (χ3n) is 23.3. The van der Waals surface area contributed by atoms with Crippen LogP contribution in [0.15, 0.2) is 97.3 Å². The largest absolute Gasteiger partial charge is 0.457 e. The van der Waals surface area contributed by atoms with E-state index in [0.717, 1.165) is 162 Å². The van der Waals surface area contributed by atoms with E-state index in [-0.39, 0.29) is 56.8 Å². The number of hydrogen-bond donors (Lipinski definition) is 1. The number of anilines is 1. The minimum absolute atomic E-state index is 0.0181. The first-order valence-electron chi connectivity index (χ1n) is 43.3. The number of benzene rings is 4. The van der Waals surface area contributed by atoms with E-state index in [1.54, 1.807) is 12.3 Å². The molecule has 12 rings (SSSR count). The number of unbranched alkanes of at least 4 members (excludes halogenated alkanes) is 32. The summed E-state index contributed by atoms with van der Waals surface area (Å²) in [5.41, 5.74) is 13.3. The highest BCUT2D eigenvalue weighted by molar-refractivity contribution is 5.87. The van der Waals surface area contributed by atoms with E-state index >= 15 is 0 Å². The summed E-state index contributed by atoms with van der Waals surface area (Å²) in [7, 11) is 0. The van der Waals surface area contributed by atoms with Gasteiger partial charge in [0.1, 0.15) is 57.5 Å². The first-order chi connectivity index (χ1) is 54.3. The third kappa shape index (κ3) is 22.3. The highest BCUT2D eigenvalue weighted by Crippen LogP contribution is 2.57. The Morgan fingerprint density at radius 3 is 0.991 bits per heavy atom. The predicted molar refractivity (Wildman–Crippen MR) is 443 cm³/mol. The molecule has 4 aromatic carbocycles. The summed E-state index contributed by atoms with van der Waals surface area (Å²) >= 11 is 0. The quantitative estimate of drug-likeness (QED) is 0.0288. The van der Waals surface area contributed by atoms with Crippen LogP contribution in [0.4, 0.5) is 5.82 Å². The van der Waals surface area contributed by atoms with Gasteiger partial charge < -0.3 is 43.2 Å². The summed E-state index contributed by atoms with van der Waals surface area (Å²) in [6.07, 6.45) is 51.1. The van der Waals surface area contributed by atoms with Crippen LogP contribution >= 0.6 is 0 Å². The Hall–Kier alpha value is -8.68. The molecule has 110 heavy (non-hydrogen) atoms. The van der Waals surface area contributed by atoms with E-state index in [4.69, 9.17) is 47.9 Å². The number of nitrogens with one attached hydrogen (secondary N) is 1. The van der Waals surface area contributed by atoms with Crippen LogP contribution in [0.5, 0.6) is 46.0 Å². The molecule has 13 heteroatoms. The maximum Gasteiger partial charge on any atom is 0.230 e. The molecular weight excluding hydrogens is 1370 g/mol. The van der Waals surface area contributed by atoms with Gasteiger partial charge in [-0.1, -0.05) is 283 Å². The molecule has 0 saturated heterocycles. The van der Waals surface area contributed by atoms with Gasteiger partial charge in [-0.3, -0.25) is 14.8 Å². The molecule has 0 spiro atoms. The Balaban J connectivity index is 1.06. The molecular formula is C97H124N4O9. The van der Waals surface area contributed by atoms with E-state index in [1.165, 1.54) is 198 Å². The number of hydrogen-bond acceptors (Lipinski definition) is 12. The summed E-state index contributed by atoms with van der Waals surface area (Å²) in [5, 5.41) is 2.77. The lowest BCUT2D eigenvalue weighted by Gasteiger charge is -2.36. The highest BCUT2D eigenvalue weighted by Gasteiger charge is 2.39. The first kappa shape index (κ1) is 80.8. The Bertz CT molecular complexity index is 4070. The summed E-state index contributed by atoms with van der Waals surface area (Å²) in [6.45, 7) is 10.6. The summed E-state index contributed by atoms with van der Waals surface area (Å²) in [4.78, 5) is 26.2. The molecule has 1 aliphatic carbocycles. The Morgan fingerprint density at radius 2 is 0.645 bits per heavy atom. The number of carbonyl (C=O) groups excluding carboxylic acids is 1. The minimum atomic E-state index is -0.227. The fourth-order valence-corrected chi connectivity index (χ4v) is 17.4. The van der Waals surface area contributed by atoms with Gasteiger partial charge in [-0.25, -0.2) is 4.98 Å². The van der Waals surface area contributed by atoms with Gasteiger partial charge >= 0.3 is 0 Å². The molecule has 0 saturated carbocycles. The molecule has 8 bridgehead atoms. The van der Waals surface area contributed by atoms with Crippen molar-refractivity contribution in [3.63, 3.8) is 0 Å². The lowest BCUT2D eigenvalue weighted by Crippen LogP contribution is -2.23. The maximum absolute atomic E-state index is 11.9. The van der Waals surface area contributed by atoms with Crippen LogP contribution in [0.2, 0.25) is 0 Å². The first-order valence-corrected chi connectivity index (χ1v) is 43.3. The molecule has 4 aliphatic heterocycles. The van der Waals surface area contributed by atoms with Crippen molar-refractivity contribution in [1.29, 1.82) is 0 Å². The Morgan fingerprint density at radius 1 is 0.345 bits per heavy atom. The van der Waals surface area contributed by atoms with Gasteiger partial charge in [0.2, 0.25) is 33.1 Å². The van der Waals surface area contributed by atoms with Gasteiger partial charge in [0.25, 0.3) is 0 Å². The third-order valence-corrected chi connectivity index (χ3v) is 23.3. The van der Waals surface area contributed by atoms with E-state index in [1.807, 2.05) is 42.6 Å². The summed E-state index contributed by atoms with van der Waals surface area (Å²) in [5.74, 6) is 20.1. The number of rotatable bonds is 42. The van der Waals surface area contributed by atoms with Crippen molar-refractivity contribution in [1.82, 2.24) is 15.0 Å². The second kappa shape index (κ2) is 43.2. The van der Waals surface area contributed by atoms with Crippen molar-refractivity contribution in [2.24, 2.45) is 0 Å². The molecule has 13 nitrogen and oxygen atoms in total. The fourth-order valence-electron chi connectivity index (χ4n) is 17.4. The van der Waals surface area contributed by atoms with Crippen LogP contribution in [-0.2, 0) is 4.79 Å².